The van der Waals surface area contributed by atoms with Crippen molar-refractivity contribution >= 4 is 5.91 Å². The minimum absolute atomic E-state index is 0.269. The number of rotatable bonds is 5. The van der Waals surface area contributed by atoms with Crippen LogP contribution in [0.4, 0.5) is 0 Å². The average Bonchev–Trinajstić information content (AvgIpc) is 2.60. The lowest BCUT2D eigenvalue weighted by atomic mass is 10.3. The molecule has 0 aromatic heterocycles. The Kier molecular flexibility index (Phi) is 4.35. The summed E-state index contributed by atoms with van der Waals surface area (Å²) in [5.41, 5.74) is 0. The maximum absolute atomic E-state index is 10.7. The molecule has 1 amide bonds. The smallest absolute Gasteiger partial charge is 0.245 e. The SMILES string of the molecule is C[N+]1(CCCNC(=O)CO)CCCC1. The number of carbonyl (C=O) groups is 1. The molecule has 0 saturated carbocycles. The summed E-state index contributed by atoms with van der Waals surface area (Å²) in [6.07, 6.45) is 3.67. The van der Waals surface area contributed by atoms with Crippen LogP contribution in [0.25, 0.3) is 0 Å². The molecular weight excluding hydrogens is 180 g/mol. The zero-order valence-electron chi connectivity index (χ0n) is 8.96. The summed E-state index contributed by atoms with van der Waals surface area (Å²) in [5.74, 6) is -0.269. The first kappa shape index (κ1) is 11.5. The van der Waals surface area contributed by atoms with E-state index in [2.05, 4.69) is 12.4 Å². The Balaban J connectivity index is 2.06. The van der Waals surface area contributed by atoms with E-state index in [1.807, 2.05) is 0 Å². The van der Waals surface area contributed by atoms with Gasteiger partial charge in [-0.3, -0.25) is 4.79 Å². The Morgan fingerprint density at radius 1 is 1.43 bits per heavy atom. The molecule has 0 spiro atoms. The summed E-state index contributed by atoms with van der Waals surface area (Å²) >= 11 is 0. The van der Waals surface area contributed by atoms with Crippen LogP contribution in [0.5, 0.6) is 0 Å². The van der Waals surface area contributed by atoms with Crippen LogP contribution in [0, 0.1) is 0 Å². The molecule has 0 aromatic rings. The van der Waals surface area contributed by atoms with E-state index < -0.39 is 6.61 Å². The normalized spacial score (nSPS) is 19.6. The first-order valence-corrected chi connectivity index (χ1v) is 5.37. The monoisotopic (exact) mass is 201 g/mol. The average molecular weight is 201 g/mol. The lowest BCUT2D eigenvalue weighted by Crippen LogP contribution is -2.42. The minimum Gasteiger partial charge on any atom is -0.387 e. The molecule has 0 atom stereocenters. The first-order valence-electron chi connectivity index (χ1n) is 5.37. The van der Waals surface area contributed by atoms with Crippen LogP contribution in [0.3, 0.4) is 0 Å². The van der Waals surface area contributed by atoms with Gasteiger partial charge < -0.3 is 14.9 Å². The van der Waals surface area contributed by atoms with Crippen molar-refractivity contribution in [2.75, 3.05) is 39.8 Å². The van der Waals surface area contributed by atoms with Crippen LogP contribution >= 0.6 is 0 Å². The van der Waals surface area contributed by atoms with E-state index in [-0.39, 0.29) is 5.91 Å². The lowest BCUT2D eigenvalue weighted by Gasteiger charge is -2.29. The highest BCUT2D eigenvalue weighted by Crippen LogP contribution is 2.16. The Labute approximate surface area is 85.5 Å². The van der Waals surface area contributed by atoms with Crippen LogP contribution in [0.15, 0.2) is 0 Å². The summed E-state index contributed by atoms with van der Waals surface area (Å²) in [6.45, 7) is 3.97. The number of nitrogens with one attached hydrogen (secondary N) is 1. The van der Waals surface area contributed by atoms with Crippen molar-refractivity contribution in [3.8, 4) is 0 Å². The molecule has 0 aliphatic carbocycles. The number of aliphatic hydroxyl groups excluding tert-OH is 1. The summed E-state index contributed by atoms with van der Waals surface area (Å²) in [7, 11) is 2.28. The lowest BCUT2D eigenvalue weighted by molar-refractivity contribution is -0.897. The van der Waals surface area contributed by atoms with Crippen LogP contribution in [0.2, 0.25) is 0 Å². The zero-order valence-corrected chi connectivity index (χ0v) is 8.96. The molecule has 1 saturated heterocycles. The van der Waals surface area contributed by atoms with Crippen LogP contribution in [-0.2, 0) is 4.79 Å². The third kappa shape index (κ3) is 3.64. The molecule has 1 aliphatic rings. The number of amides is 1. The van der Waals surface area contributed by atoms with Crippen LogP contribution in [0.1, 0.15) is 19.3 Å². The van der Waals surface area contributed by atoms with Gasteiger partial charge >= 0.3 is 0 Å². The van der Waals surface area contributed by atoms with Gasteiger partial charge in [0.2, 0.25) is 5.91 Å². The summed E-state index contributed by atoms with van der Waals surface area (Å²) in [4.78, 5) is 10.7. The molecule has 82 valence electrons. The third-order valence-electron chi connectivity index (χ3n) is 2.99. The first-order chi connectivity index (χ1) is 6.66. The van der Waals surface area contributed by atoms with Crippen LogP contribution < -0.4 is 5.32 Å². The number of quaternary nitrogens is 1. The fourth-order valence-corrected chi connectivity index (χ4v) is 2.07. The van der Waals surface area contributed by atoms with Crippen molar-refractivity contribution in [2.24, 2.45) is 0 Å². The highest BCUT2D eigenvalue weighted by Gasteiger charge is 2.25. The Morgan fingerprint density at radius 2 is 2.07 bits per heavy atom. The molecule has 0 radical (unpaired) electrons. The van der Waals surface area contributed by atoms with Gasteiger partial charge in [0.15, 0.2) is 0 Å². The largest absolute Gasteiger partial charge is 0.387 e. The van der Waals surface area contributed by atoms with E-state index in [4.69, 9.17) is 5.11 Å². The quantitative estimate of drug-likeness (QED) is 0.475. The number of hydrogen-bond acceptors (Lipinski definition) is 2. The minimum atomic E-state index is -0.397. The van der Waals surface area contributed by atoms with Crippen molar-refractivity contribution < 1.29 is 14.4 Å². The molecule has 1 rings (SSSR count). The van der Waals surface area contributed by atoms with E-state index in [0.717, 1.165) is 17.4 Å². The molecular formula is C10H21N2O2+. The highest BCUT2D eigenvalue weighted by molar-refractivity contribution is 5.76. The maximum atomic E-state index is 10.7. The number of aliphatic hydroxyl groups is 1. The molecule has 1 aliphatic heterocycles. The van der Waals surface area contributed by atoms with Crippen molar-refractivity contribution in [2.45, 2.75) is 19.3 Å². The fourth-order valence-electron chi connectivity index (χ4n) is 2.07. The van der Waals surface area contributed by atoms with Gasteiger partial charge in [-0.1, -0.05) is 0 Å². The standard InChI is InChI=1S/C10H20N2O2/c1-12(6-2-3-7-12)8-4-5-11-10(14)9-13/h13H,2-9H2,1H3/p+1. The van der Waals surface area contributed by atoms with Gasteiger partial charge in [-0.15, -0.1) is 0 Å². The van der Waals surface area contributed by atoms with Gasteiger partial charge in [0, 0.05) is 25.8 Å². The summed E-state index contributed by atoms with van der Waals surface area (Å²) in [6, 6.07) is 0. The summed E-state index contributed by atoms with van der Waals surface area (Å²) in [5, 5.41) is 11.2. The number of carbonyl (C=O) groups excluding carboxylic acids is 1. The predicted molar refractivity (Wildman–Crippen MR) is 54.7 cm³/mol. The molecule has 1 heterocycles. The van der Waals surface area contributed by atoms with Crippen molar-refractivity contribution in [3.05, 3.63) is 0 Å². The second kappa shape index (κ2) is 5.32. The van der Waals surface area contributed by atoms with Gasteiger partial charge in [0.1, 0.15) is 6.61 Å². The molecule has 1 fully saturated rings. The zero-order chi connectivity index (χ0) is 10.4. The number of likely N-dealkylation sites (tertiary alicyclic amines) is 1. The number of hydrogen-bond donors (Lipinski definition) is 2. The Morgan fingerprint density at radius 3 is 2.64 bits per heavy atom. The summed E-state index contributed by atoms with van der Waals surface area (Å²) < 4.78 is 1.15. The molecule has 2 N–H and O–H groups in total. The van der Waals surface area contributed by atoms with E-state index >= 15 is 0 Å². The maximum Gasteiger partial charge on any atom is 0.245 e. The highest BCUT2D eigenvalue weighted by atomic mass is 16.3. The second-order valence-corrected chi connectivity index (χ2v) is 4.36. The van der Waals surface area contributed by atoms with Crippen LogP contribution in [-0.4, -0.2) is 55.3 Å². The molecule has 4 nitrogen and oxygen atoms in total. The van der Waals surface area contributed by atoms with Gasteiger partial charge in [-0.25, -0.2) is 0 Å². The van der Waals surface area contributed by atoms with E-state index in [1.54, 1.807) is 0 Å². The van der Waals surface area contributed by atoms with Gasteiger partial charge in [0.25, 0.3) is 0 Å². The van der Waals surface area contributed by atoms with E-state index in [9.17, 15) is 4.79 Å². The molecule has 14 heavy (non-hydrogen) atoms. The molecule has 0 aromatic carbocycles. The molecule has 4 heteroatoms. The second-order valence-electron chi connectivity index (χ2n) is 4.36. The van der Waals surface area contributed by atoms with E-state index in [1.165, 1.54) is 25.9 Å². The third-order valence-corrected chi connectivity index (χ3v) is 2.99. The predicted octanol–water partition coefficient (Wildman–Crippen LogP) is -0.275. The van der Waals surface area contributed by atoms with Crippen molar-refractivity contribution in [3.63, 3.8) is 0 Å². The molecule has 0 unspecified atom stereocenters. The Hall–Kier alpha value is -0.610. The number of nitrogens with zero attached hydrogens (tertiary/aromatic N) is 1. The fraction of sp³-hybridized carbons (Fsp3) is 0.900. The van der Waals surface area contributed by atoms with Crippen molar-refractivity contribution in [1.82, 2.24) is 5.32 Å². The van der Waals surface area contributed by atoms with Gasteiger partial charge in [-0.2, -0.15) is 0 Å². The van der Waals surface area contributed by atoms with Gasteiger partial charge in [0.05, 0.1) is 26.7 Å². The van der Waals surface area contributed by atoms with E-state index in [0.29, 0.717) is 6.54 Å². The van der Waals surface area contributed by atoms with Gasteiger partial charge in [-0.05, 0) is 0 Å². The topological polar surface area (TPSA) is 49.3 Å². The Bertz CT molecular complexity index is 189. The van der Waals surface area contributed by atoms with Crippen molar-refractivity contribution in [1.29, 1.82) is 0 Å². The molecule has 0 bridgehead atoms.